The summed E-state index contributed by atoms with van der Waals surface area (Å²) in [6, 6.07) is 14.0. The zero-order chi connectivity index (χ0) is 12.3. The van der Waals surface area contributed by atoms with Crippen LogP contribution in [0.25, 0.3) is 10.8 Å². The number of benzene rings is 2. The van der Waals surface area contributed by atoms with Gasteiger partial charge >= 0.3 is 0 Å². The molecule has 1 radical (unpaired) electrons. The van der Waals surface area contributed by atoms with Crippen LogP contribution in [0.2, 0.25) is 0 Å². The van der Waals surface area contributed by atoms with Crippen molar-refractivity contribution in [3.63, 3.8) is 0 Å². The minimum atomic E-state index is -0.453. The molecule has 0 aromatic heterocycles. The zero-order valence-corrected chi connectivity index (χ0v) is 13.1. The third kappa shape index (κ3) is 3.01. The van der Waals surface area contributed by atoms with Crippen LogP contribution in [0.15, 0.2) is 42.5 Å². The first-order valence-electron chi connectivity index (χ1n) is 5.81. The van der Waals surface area contributed by atoms with Gasteiger partial charge in [0.1, 0.15) is 6.10 Å². The van der Waals surface area contributed by atoms with Crippen molar-refractivity contribution in [1.29, 1.82) is 0 Å². The van der Waals surface area contributed by atoms with E-state index in [4.69, 9.17) is 4.74 Å². The van der Waals surface area contributed by atoms with E-state index < -0.39 is 6.10 Å². The van der Waals surface area contributed by atoms with Crippen LogP contribution in [0.5, 0.6) is 0 Å². The van der Waals surface area contributed by atoms with Gasteiger partial charge in [0.2, 0.25) is 0 Å². The van der Waals surface area contributed by atoms with Crippen LogP contribution in [0.1, 0.15) is 25.0 Å². The van der Waals surface area contributed by atoms with Crippen LogP contribution >= 0.6 is 0 Å². The number of fused-ring (bicyclic) bond motifs is 1. The van der Waals surface area contributed by atoms with Crippen molar-refractivity contribution in [1.82, 2.24) is 0 Å². The van der Waals surface area contributed by atoms with Gasteiger partial charge in [-0.05, 0) is 16.3 Å². The molecule has 0 spiro atoms. The first-order chi connectivity index (χ1) is 8.27. The summed E-state index contributed by atoms with van der Waals surface area (Å²) in [6.07, 6.45) is 0.0351. The van der Waals surface area contributed by atoms with Crippen molar-refractivity contribution in [2.45, 2.75) is 19.4 Å². The van der Waals surface area contributed by atoms with Gasteiger partial charge in [-0.1, -0.05) is 49.4 Å². The van der Waals surface area contributed by atoms with Gasteiger partial charge in [-0.3, -0.25) is 4.79 Å². The summed E-state index contributed by atoms with van der Waals surface area (Å²) < 4.78 is 5.35. The van der Waals surface area contributed by atoms with Gasteiger partial charge < -0.3 is 4.74 Å². The molecule has 89 valence electrons. The average Bonchev–Trinajstić information content (AvgIpc) is 2.39. The zero-order valence-electron chi connectivity index (χ0n) is 11.1. The largest absolute Gasteiger partial charge is 0.369 e. The van der Waals surface area contributed by atoms with Gasteiger partial charge in [0.05, 0.1) is 0 Å². The Morgan fingerprint density at radius 1 is 1.17 bits per heavy atom. The van der Waals surface area contributed by atoms with Gasteiger partial charge in [-0.25, -0.2) is 0 Å². The number of carbonyl (C=O) groups excluding carboxylic acids is 1. The second-order valence-electron chi connectivity index (χ2n) is 4.00. The molecule has 0 saturated carbocycles. The van der Waals surface area contributed by atoms with E-state index in [-0.39, 0.29) is 35.3 Å². The number of methoxy groups -OCH3 is 1. The fourth-order valence-electron chi connectivity index (χ4n) is 2.10. The Balaban J connectivity index is 0.00000162. The van der Waals surface area contributed by atoms with Gasteiger partial charge in [0.15, 0.2) is 5.78 Å². The molecule has 0 aliphatic rings. The molecule has 2 aromatic rings. The number of rotatable bonds is 4. The molecule has 0 saturated heterocycles. The maximum absolute atomic E-state index is 11.9. The van der Waals surface area contributed by atoms with Crippen LogP contribution in [0.3, 0.4) is 0 Å². The Morgan fingerprint density at radius 3 is 2.50 bits per heavy atom. The first-order valence-corrected chi connectivity index (χ1v) is 5.81. The summed E-state index contributed by atoms with van der Waals surface area (Å²) >= 11 is 0. The quantitative estimate of drug-likeness (QED) is 0.780. The van der Waals surface area contributed by atoms with Crippen LogP contribution in [-0.4, -0.2) is 42.5 Å². The van der Waals surface area contributed by atoms with E-state index in [1.165, 1.54) is 0 Å². The van der Waals surface area contributed by atoms with Crippen molar-refractivity contribution < 1.29 is 9.53 Å². The second kappa shape index (κ2) is 7.05. The number of hydrogen-bond acceptors (Lipinski definition) is 2. The number of hydrogen-bond donors (Lipinski definition) is 0. The van der Waals surface area contributed by atoms with Crippen molar-refractivity contribution in [2.75, 3.05) is 7.11 Å². The van der Waals surface area contributed by atoms with Gasteiger partial charge in [-0.2, -0.15) is 0 Å². The molecule has 1 unspecified atom stereocenters. The molecule has 0 bridgehead atoms. The molecular formula is C15H16NaO2. The number of ketones is 1. The van der Waals surface area contributed by atoms with Crippen LogP contribution < -0.4 is 0 Å². The molecule has 0 aliphatic carbocycles. The number of Topliss-reactive ketones (excluding diaryl/α,β-unsaturated/α-hetero) is 1. The monoisotopic (exact) mass is 251 g/mol. The van der Waals surface area contributed by atoms with Crippen molar-refractivity contribution in [3.05, 3.63) is 48.0 Å². The minimum Gasteiger partial charge on any atom is -0.369 e. The average molecular weight is 251 g/mol. The molecule has 0 aliphatic heterocycles. The summed E-state index contributed by atoms with van der Waals surface area (Å²) in [6.45, 7) is 1.86. The molecule has 18 heavy (non-hydrogen) atoms. The summed E-state index contributed by atoms with van der Waals surface area (Å²) in [5, 5.41) is 2.22. The maximum atomic E-state index is 11.9. The van der Waals surface area contributed by atoms with E-state index in [1.54, 1.807) is 7.11 Å². The molecule has 0 fully saturated rings. The van der Waals surface area contributed by atoms with Crippen LogP contribution in [0.4, 0.5) is 0 Å². The first kappa shape index (κ1) is 15.4. The Morgan fingerprint density at radius 2 is 1.83 bits per heavy atom. The Labute approximate surface area is 130 Å². The molecule has 3 heteroatoms. The molecule has 0 N–H and O–H groups in total. The normalized spacial score (nSPS) is 11.9. The predicted octanol–water partition coefficient (Wildman–Crippen LogP) is 3.13. The molecule has 2 aromatic carbocycles. The molecular weight excluding hydrogens is 235 g/mol. The molecule has 1 atom stereocenters. The molecule has 2 nitrogen and oxygen atoms in total. The smallest absolute Gasteiger partial charge is 0.165 e. The predicted molar refractivity (Wildman–Crippen MR) is 74.8 cm³/mol. The van der Waals surface area contributed by atoms with E-state index in [0.717, 1.165) is 16.3 Å². The Bertz CT molecular complexity index is 532. The molecule has 0 heterocycles. The van der Waals surface area contributed by atoms with Crippen LogP contribution in [-0.2, 0) is 9.53 Å². The van der Waals surface area contributed by atoms with E-state index in [1.807, 2.05) is 49.4 Å². The minimum absolute atomic E-state index is 0. The molecule has 0 amide bonds. The van der Waals surface area contributed by atoms with Gasteiger partial charge in [0.25, 0.3) is 0 Å². The molecule has 2 rings (SSSR count). The summed E-state index contributed by atoms with van der Waals surface area (Å²) in [5.41, 5.74) is 0.956. The van der Waals surface area contributed by atoms with Crippen molar-refractivity contribution >= 4 is 46.1 Å². The summed E-state index contributed by atoms with van der Waals surface area (Å²) in [5.74, 6) is 0.115. The van der Waals surface area contributed by atoms with Crippen molar-refractivity contribution in [3.8, 4) is 0 Å². The van der Waals surface area contributed by atoms with Crippen molar-refractivity contribution in [2.24, 2.45) is 0 Å². The standard InChI is InChI=1S/C15H16O2.Na/c1-3-14(16)15(17-2)13-10-6-8-11-7-4-5-9-12(11)13;/h4-10,15H,3H2,1-2H3;. The van der Waals surface area contributed by atoms with Crippen LogP contribution in [0, 0.1) is 0 Å². The number of carbonyl (C=O) groups is 1. The Hall–Kier alpha value is -0.670. The van der Waals surface area contributed by atoms with E-state index in [2.05, 4.69) is 0 Å². The number of ether oxygens (including phenoxy) is 1. The maximum Gasteiger partial charge on any atom is 0.165 e. The fourth-order valence-corrected chi connectivity index (χ4v) is 2.10. The second-order valence-corrected chi connectivity index (χ2v) is 4.00. The third-order valence-electron chi connectivity index (χ3n) is 2.98. The van der Waals surface area contributed by atoms with Gasteiger partial charge in [-0.15, -0.1) is 0 Å². The van der Waals surface area contributed by atoms with E-state index in [9.17, 15) is 4.79 Å². The topological polar surface area (TPSA) is 26.3 Å². The van der Waals surface area contributed by atoms with E-state index >= 15 is 0 Å². The summed E-state index contributed by atoms with van der Waals surface area (Å²) in [7, 11) is 1.58. The third-order valence-corrected chi connectivity index (χ3v) is 2.98. The van der Waals surface area contributed by atoms with E-state index in [0.29, 0.717) is 6.42 Å². The SMILES string of the molecule is CCC(=O)C(OC)c1cccc2ccccc12.[Na]. The van der Waals surface area contributed by atoms with Gasteiger partial charge in [0, 0.05) is 43.1 Å². The fraction of sp³-hybridized carbons (Fsp3) is 0.267. The Kier molecular flexibility index (Phi) is 6.03. The summed E-state index contributed by atoms with van der Waals surface area (Å²) in [4.78, 5) is 11.9.